The van der Waals surface area contributed by atoms with Gasteiger partial charge in [-0.05, 0) is 29.5 Å². The molecule has 3 rings (SSSR count). The molecule has 0 fully saturated rings. The second-order valence-corrected chi connectivity index (χ2v) is 5.32. The molecule has 1 aliphatic heterocycles. The van der Waals surface area contributed by atoms with Crippen molar-refractivity contribution < 1.29 is 0 Å². The molecule has 0 saturated heterocycles. The van der Waals surface area contributed by atoms with Crippen LogP contribution in [0, 0.1) is 0 Å². The van der Waals surface area contributed by atoms with E-state index in [4.69, 9.17) is 0 Å². The Labute approximate surface area is 100 Å². The zero-order chi connectivity index (χ0) is 11.0. The Kier molecular flexibility index (Phi) is 2.54. The van der Waals surface area contributed by atoms with Gasteiger partial charge in [-0.1, -0.05) is 30.3 Å². The average Bonchev–Trinajstić information content (AvgIpc) is 2.78. The van der Waals surface area contributed by atoms with Crippen molar-refractivity contribution in [3.63, 3.8) is 0 Å². The predicted octanol–water partition coefficient (Wildman–Crippen LogP) is 3.37. The predicted molar refractivity (Wildman–Crippen MR) is 68.9 cm³/mol. The Hall–Kier alpha value is -1.12. The van der Waals surface area contributed by atoms with E-state index in [2.05, 4.69) is 54.0 Å². The first kappa shape index (κ1) is 10.1. The van der Waals surface area contributed by atoms with Gasteiger partial charge in [0.2, 0.25) is 0 Å². The van der Waals surface area contributed by atoms with E-state index in [-0.39, 0.29) is 0 Å². The summed E-state index contributed by atoms with van der Waals surface area (Å²) in [7, 11) is 0. The molecule has 2 heteroatoms. The Morgan fingerprint density at radius 2 is 2.00 bits per heavy atom. The number of rotatable bonds is 1. The highest BCUT2D eigenvalue weighted by molar-refractivity contribution is 7.10. The molecular formula is C14H15NS. The van der Waals surface area contributed by atoms with Crippen LogP contribution in [0.3, 0.4) is 0 Å². The Morgan fingerprint density at radius 3 is 2.81 bits per heavy atom. The lowest BCUT2D eigenvalue weighted by Crippen LogP contribution is -2.36. The summed E-state index contributed by atoms with van der Waals surface area (Å²) in [6.45, 7) is 3.30. The summed E-state index contributed by atoms with van der Waals surface area (Å²) in [6, 6.07) is 13.6. The van der Waals surface area contributed by atoms with E-state index < -0.39 is 0 Å². The SMILES string of the molecule is CC1NCc2ccsc2C1c1ccccc1. The normalized spacial score (nSPS) is 24.1. The van der Waals surface area contributed by atoms with Crippen LogP contribution < -0.4 is 5.32 Å². The molecule has 0 spiro atoms. The van der Waals surface area contributed by atoms with E-state index >= 15 is 0 Å². The van der Waals surface area contributed by atoms with E-state index in [1.165, 1.54) is 16.0 Å². The molecule has 1 aromatic heterocycles. The number of thiophene rings is 1. The zero-order valence-corrected chi connectivity index (χ0v) is 10.1. The lowest BCUT2D eigenvalue weighted by molar-refractivity contribution is 0.473. The van der Waals surface area contributed by atoms with Crippen LogP contribution in [0.15, 0.2) is 41.8 Å². The lowest BCUT2D eigenvalue weighted by atomic mass is 9.86. The van der Waals surface area contributed by atoms with Crippen LogP contribution >= 0.6 is 11.3 Å². The number of fused-ring (bicyclic) bond motifs is 1. The Morgan fingerprint density at radius 1 is 1.19 bits per heavy atom. The van der Waals surface area contributed by atoms with Gasteiger partial charge in [-0.25, -0.2) is 0 Å². The van der Waals surface area contributed by atoms with Gasteiger partial charge in [-0.15, -0.1) is 11.3 Å². The van der Waals surface area contributed by atoms with Crippen LogP contribution in [0.1, 0.15) is 28.8 Å². The highest BCUT2D eigenvalue weighted by Gasteiger charge is 2.28. The molecule has 2 aromatic rings. The highest BCUT2D eigenvalue weighted by Crippen LogP contribution is 2.37. The molecule has 0 saturated carbocycles. The van der Waals surface area contributed by atoms with Gasteiger partial charge in [-0.3, -0.25) is 0 Å². The van der Waals surface area contributed by atoms with Crippen molar-refractivity contribution in [2.75, 3.05) is 0 Å². The second-order valence-electron chi connectivity index (χ2n) is 4.37. The average molecular weight is 229 g/mol. The Bertz CT molecular complexity index is 474. The molecule has 2 unspecified atom stereocenters. The van der Waals surface area contributed by atoms with Crippen molar-refractivity contribution in [1.82, 2.24) is 5.32 Å². The molecule has 1 aromatic carbocycles. The van der Waals surface area contributed by atoms with Gasteiger partial charge in [0.1, 0.15) is 0 Å². The third-order valence-electron chi connectivity index (χ3n) is 3.34. The van der Waals surface area contributed by atoms with Gasteiger partial charge >= 0.3 is 0 Å². The first-order chi connectivity index (χ1) is 7.86. The Balaban J connectivity index is 2.08. The summed E-state index contributed by atoms with van der Waals surface area (Å²) in [5, 5.41) is 5.79. The van der Waals surface area contributed by atoms with Crippen molar-refractivity contribution in [1.29, 1.82) is 0 Å². The van der Waals surface area contributed by atoms with Crippen LogP contribution in [-0.4, -0.2) is 6.04 Å². The van der Waals surface area contributed by atoms with E-state index in [0.717, 1.165) is 6.54 Å². The van der Waals surface area contributed by atoms with E-state index in [1.807, 2.05) is 11.3 Å². The zero-order valence-electron chi connectivity index (χ0n) is 9.31. The van der Waals surface area contributed by atoms with Crippen molar-refractivity contribution in [2.45, 2.75) is 25.4 Å². The quantitative estimate of drug-likeness (QED) is 0.790. The minimum Gasteiger partial charge on any atom is -0.309 e. The van der Waals surface area contributed by atoms with Crippen molar-refractivity contribution in [3.05, 3.63) is 57.8 Å². The monoisotopic (exact) mass is 229 g/mol. The van der Waals surface area contributed by atoms with Gasteiger partial charge in [0.25, 0.3) is 0 Å². The molecule has 0 amide bonds. The van der Waals surface area contributed by atoms with Gasteiger partial charge in [0.05, 0.1) is 0 Å². The van der Waals surface area contributed by atoms with Crippen LogP contribution in [0.25, 0.3) is 0 Å². The van der Waals surface area contributed by atoms with Crippen LogP contribution in [0.5, 0.6) is 0 Å². The fourth-order valence-electron chi connectivity index (χ4n) is 2.48. The molecule has 0 bridgehead atoms. The van der Waals surface area contributed by atoms with Crippen molar-refractivity contribution >= 4 is 11.3 Å². The van der Waals surface area contributed by atoms with E-state index in [9.17, 15) is 0 Å². The molecule has 16 heavy (non-hydrogen) atoms. The number of nitrogens with one attached hydrogen (secondary N) is 1. The van der Waals surface area contributed by atoms with Crippen LogP contribution in [-0.2, 0) is 6.54 Å². The summed E-state index contributed by atoms with van der Waals surface area (Å²) in [5.74, 6) is 0.518. The number of hydrogen-bond donors (Lipinski definition) is 1. The summed E-state index contributed by atoms with van der Waals surface area (Å²) < 4.78 is 0. The molecule has 0 aliphatic carbocycles. The summed E-state index contributed by atoms with van der Waals surface area (Å²) in [5.41, 5.74) is 2.89. The molecule has 1 nitrogen and oxygen atoms in total. The molecule has 0 radical (unpaired) electrons. The van der Waals surface area contributed by atoms with Crippen molar-refractivity contribution in [2.24, 2.45) is 0 Å². The third kappa shape index (κ3) is 1.58. The van der Waals surface area contributed by atoms with Gasteiger partial charge in [-0.2, -0.15) is 0 Å². The van der Waals surface area contributed by atoms with E-state index in [1.54, 1.807) is 0 Å². The first-order valence-corrected chi connectivity index (χ1v) is 6.59. The maximum Gasteiger partial charge on any atom is 0.0338 e. The van der Waals surface area contributed by atoms with Crippen LogP contribution in [0.2, 0.25) is 0 Å². The lowest BCUT2D eigenvalue weighted by Gasteiger charge is -2.30. The summed E-state index contributed by atoms with van der Waals surface area (Å²) >= 11 is 1.89. The maximum absolute atomic E-state index is 3.58. The van der Waals surface area contributed by atoms with Crippen molar-refractivity contribution in [3.8, 4) is 0 Å². The number of benzene rings is 1. The first-order valence-electron chi connectivity index (χ1n) is 5.71. The summed E-state index contributed by atoms with van der Waals surface area (Å²) in [4.78, 5) is 1.54. The minimum atomic E-state index is 0.518. The molecule has 82 valence electrons. The number of hydrogen-bond acceptors (Lipinski definition) is 2. The minimum absolute atomic E-state index is 0.518. The molecule has 2 heterocycles. The molecular weight excluding hydrogens is 214 g/mol. The van der Waals surface area contributed by atoms with Gasteiger partial charge in [0, 0.05) is 23.4 Å². The smallest absolute Gasteiger partial charge is 0.0338 e. The largest absolute Gasteiger partial charge is 0.309 e. The molecule has 1 N–H and O–H groups in total. The standard InChI is InChI=1S/C14H15NS/c1-10-13(11-5-3-2-4-6-11)14-12(9-15-10)7-8-16-14/h2-8,10,13,15H,9H2,1H3. The van der Waals surface area contributed by atoms with Crippen LogP contribution in [0.4, 0.5) is 0 Å². The fraction of sp³-hybridized carbons (Fsp3) is 0.286. The fourth-order valence-corrected chi connectivity index (χ4v) is 3.64. The second kappa shape index (κ2) is 4.04. The topological polar surface area (TPSA) is 12.0 Å². The summed E-state index contributed by atoms with van der Waals surface area (Å²) in [6.07, 6.45) is 0. The molecule has 2 atom stereocenters. The molecule has 1 aliphatic rings. The van der Waals surface area contributed by atoms with Gasteiger partial charge < -0.3 is 5.32 Å². The maximum atomic E-state index is 3.58. The third-order valence-corrected chi connectivity index (χ3v) is 4.38. The highest BCUT2D eigenvalue weighted by atomic mass is 32.1. The van der Waals surface area contributed by atoms with Gasteiger partial charge in [0.15, 0.2) is 0 Å². The van der Waals surface area contributed by atoms with E-state index in [0.29, 0.717) is 12.0 Å².